The van der Waals surface area contributed by atoms with Crippen molar-refractivity contribution in [2.75, 3.05) is 0 Å². The summed E-state index contributed by atoms with van der Waals surface area (Å²) in [6.07, 6.45) is -0.300. The van der Waals surface area contributed by atoms with Crippen LogP contribution in [0.1, 0.15) is 0 Å². The van der Waals surface area contributed by atoms with Gasteiger partial charge in [-0.1, -0.05) is 0 Å². The number of carbonyl (C=O) groups excluding carboxylic acids is 1. The minimum atomic E-state index is -1.87. The van der Waals surface area contributed by atoms with Crippen molar-refractivity contribution in [3.63, 3.8) is 0 Å². The van der Waals surface area contributed by atoms with Crippen LogP contribution in [0.3, 0.4) is 0 Å². The molecule has 0 radical (unpaired) electrons. The molecule has 0 fully saturated rings. The summed E-state index contributed by atoms with van der Waals surface area (Å²) in [6, 6.07) is 0. The third-order valence-corrected chi connectivity index (χ3v) is 4.73. The van der Waals surface area contributed by atoms with Crippen molar-refractivity contribution in [1.29, 1.82) is 0 Å². The van der Waals surface area contributed by atoms with E-state index in [4.69, 9.17) is 8.95 Å². The first-order valence-corrected chi connectivity index (χ1v) is 16.2. The second kappa shape index (κ2) is 5.25. The maximum Gasteiger partial charge on any atom is 0.410 e. The van der Waals surface area contributed by atoms with Gasteiger partial charge >= 0.3 is 6.09 Å². The molecule has 0 spiro atoms. The Bertz CT molecular complexity index is 276. The fraction of sp³-hybridized carbons (Fsp3) is 0.900. The highest BCUT2D eigenvalue weighted by atomic mass is 28.4. The molecule has 17 heavy (non-hydrogen) atoms. The third kappa shape index (κ3) is 7.74. The molecule has 0 bridgehead atoms. The number of amides is 1. The fourth-order valence-electron chi connectivity index (χ4n) is 1.03. The summed E-state index contributed by atoms with van der Waals surface area (Å²) < 4.78 is 13.0. The van der Waals surface area contributed by atoms with Crippen LogP contribution in [-0.4, -0.2) is 35.7 Å². The first-order valence-electron chi connectivity index (χ1n) is 5.95. The van der Waals surface area contributed by atoms with E-state index in [9.17, 15) is 4.79 Å². The first kappa shape index (κ1) is 16.9. The average Bonchev–Trinajstić information content (AvgIpc) is 1.92. The Morgan fingerprint density at radius 2 is 1.24 bits per heavy atom. The van der Waals surface area contributed by atoms with Crippen molar-refractivity contribution in [2.45, 2.75) is 58.9 Å². The molecular weight excluding hydrogens is 266 g/mol. The lowest BCUT2D eigenvalue weighted by molar-refractivity contribution is 0.0250. The predicted octanol–water partition coefficient (Wildman–Crippen LogP) is 3.86. The van der Waals surface area contributed by atoms with Gasteiger partial charge in [-0.25, -0.2) is 9.52 Å². The molecule has 0 rings (SSSR count). The van der Waals surface area contributed by atoms with Crippen LogP contribution in [0.4, 0.5) is 4.79 Å². The van der Waals surface area contributed by atoms with Gasteiger partial charge in [0.25, 0.3) is 0 Å². The SMILES string of the molecule is C[Si](C)(C)OC(=O)N(O[Si](C)(C)C)[Si](C)(C)C. The predicted molar refractivity (Wildman–Crippen MR) is 79.4 cm³/mol. The van der Waals surface area contributed by atoms with Gasteiger partial charge in [-0.05, 0) is 58.9 Å². The minimum absolute atomic E-state index is 0.300. The van der Waals surface area contributed by atoms with Gasteiger partial charge in [-0.3, -0.25) is 0 Å². The Labute approximate surface area is 109 Å². The molecule has 0 aromatic heterocycles. The molecule has 0 unspecified atom stereocenters. The highest BCUT2D eigenvalue weighted by molar-refractivity contribution is 6.77. The summed E-state index contributed by atoms with van der Waals surface area (Å²) in [4.78, 5) is 12.2. The van der Waals surface area contributed by atoms with Crippen molar-refractivity contribution in [3.8, 4) is 0 Å². The number of nitrogens with zero attached hydrogens (tertiary/aromatic N) is 1. The number of hydroxylamine groups is 1. The van der Waals surface area contributed by atoms with E-state index in [1.54, 1.807) is 0 Å². The third-order valence-electron chi connectivity index (χ3n) is 1.53. The van der Waals surface area contributed by atoms with E-state index in [1.807, 2.05) is 19.6 Å². The number of hydrogen-bond acceptors (Lipinski definition) is 3. The molecule has 0 saturated heterocycles. The Balaban J connectivity index is 4.90. The van der Waals surface area contributed by atoms with Gasteiger partial charge in [-0.2, -0.15) is 0 Å². The van der Waals surface area contributed by atoms with Crippen LogP contribution in [0.2, 0.25) is 58.9 Å². The molecule has 0 aromatic carbocycles. The lowest BCUT2D eigenvalue weighted by Crippen LogP contribution is -2.55. The molecule has 0 aliphatic heterocycles. The standard InChI is InChI=1S/C10H27NO3Si3/c1-15(2,3)11(14-17(7,8)9)10(12)13-16(4,5)6/h1-9H3. The lowest BCUT2D eigenvalue weighted by atomic mass is 11.3. The van der Waals surface area contributed by atoms with Gasteiger partial charge in [0.2, 0.25) is 16.6 Å². The molecule has 7 heteroatoms. The van der Waals surface area contributed by atoms with Crippen LogP contribution in [0, 0.1) is 0 Å². The average molecular weight is 294 g/mol. The zero-order valence-electron chi connectivity index (χ0n) is 12.7. The van der Waals surface area contributed by atoms with Crippen molar-refractivity contribution < 1.29 is 13.7 Å². The van der Waals surface area contributed by atoms with Crippen molar-refractivity contribution in [3.05, 3.63) is 0 Å². The van der Waals surface area contributed by atoms with Gasteiger partial charge in [0.15, 0.2) is 8.24 Å². The van der Waals surface area contributed by atoms with Crippen LogP contribution in [0.15, 0.2) is 0 Å². The van der Waals surface area contributed by atoms with E-state index in [0.29, 0.717) is 0 Å². The van der Waals surface area contributed by atoms with Crippen LogP contribution in [0.5, 0.6) is 0 Å². The summed E-state index contributed by atoms with van der Waals surface area (Å²) in [5.74, 6) is 0. The van der Waals surface area contributed by atoms with E-state index in [-0.39, 0.29) is 6.09 Å². The molecular formula is C10H27NO3Si3. The highest BCUT2D eigenvalue weighted by Crippen LogP contribution is 2.19. The molecule has 0 saturated carbocycles. The topological polar surface area (TPSA) is 38.8 Å². The minimum Gasteiger partial charge on any atom is -0.503 e. The lowest BCUT2D eigenvalue weighted by Gasteiger charge is -2.38. The van der Waals surface area contributed by atoms with Crippen molar-refractivity contribution in [1.82, 2.24) is 4.73 Å². The van der Waals surface area contributed by atoms with Crippen LogP contribution < -0.4 is 0 Å². The second-order valence-electron chi connectivity index (χ2n) is 7.15. The molecule has 4 nitrogen and oxygen atoms in total. The van der Waals surface area contributed by atoms with Gasteiger partial charge in [0.1, 0.15) is 0 Å². The molecule has 0 aliphatic rings. The van der Waals surface area contributed by atoms with Crippen LogP contribution in [0.25, 0.3) is 0 Å². The Morgan fingerprint density at radius 1 is 0.824 bits per heavy atom. The summed E-state index contributed by atoms with van der Waals surface area (Å²) >= 11 is 0. The molecule has 0 aromatic rings. The number of rotatable bonds is 4. The van der Waals surface area contributed by atoms with E-state index >= 15 is 0 Å². The Hall–Kier alpha value is -0.119. The van der Waals surface area contributed by atoms with Crippen LogP contribution in [-0.2, 0) is 8.95 Å². The van der Waals surface area contributed by atoms with Gasteiger partial charge in [0, 0.05) is 0 Å². The van der Waals surface area contributed by atoms with Gasteiger partial charge < -0.3 is 8.95 Å². The molecule has 0 atom stereocenters. The quantitative estimate of drug-likeness (QED) is 0.583. The van der Waals surface area contributed by atoms with E-state index < -0.39 is 24.9 Å². The largest absolute Gasteiger partial charge is 0.503 e. The smallest absolute Gasteiger partial charge is 0.410 e. The van der Waals surface area contributed by atoms with E-state index in [2.05, 4.69) is 39.3 Å². The monoisotopic (exact) mass is 293 g/mol. The summed E-state index contributed by atoms with van der Waals surface area (Å²) in [5.41, 5.74) is 0. The molecule has 0 heterocycles. The van der Waals surface area contributed by atoms with Crippen molar-refractivity contribution in [2.24, 2.45) is 0 Å². The van der Waals surface area contributed by atoms with Crippen LogP contribution >= 0.6 is 0 Å². The Morgan fingerprint density at radius 3 is 1.47 bits per heavy atom. The molecule has 1 amide bonds. The highest BCUT2D eigenvalue weighted by Gasteiger charge is 2.37. The maximum atomic E-state index is 12.2. The number of carbonyl (C=O) groups is 1. The zero-order chi connectivity index (χ0) is 14.1. The molecule has 0 N–H and O–H groups in total. The zero-order valence-corrected chi connectivity index (χ0v) is 15.7. The van der Waals surface area contributed by atoms with Gasteiger partial charge in [-0.15, -0.1) is 0 Å². The van der Waals surface area contributed by atoms with E-state index in [0.717, 1.165) is 0 Å². The molecule has 0 aliphatic carbocycles. The maximum absolute atomic E-state index is 12.2. The first-order chi connectivity index (χ1) is 7.22. The molecule has 102 valence electrons. The van der Waals surface area contributed by atoms with Crippen molar-refractivity contribution >= 4 is 31.0 Å². The van der Waals surface area contributed by atoms with Gasteiger partial charge in [0.05, 0.1) is 0 Å². The van der Waals surface area contributed by atoms with E-state index in [1.165, 1.54) is 4.73 Å². The number of hydrogen-bond donors (Lipinski definition) is 0. The fourth-order valence-corrected chi connectivity index (χ4v) is 4.86. The summed E-state index contributed by atoms with van der Waals surface area (Å²) in [6.45, 7) is 18.5. The Kier molecular flexibility index (Phi) is 5.21. The summed E-state index contributed by atoms with van der Waals surface area (Å²) in [7, 11) is -5.53. The summed E-state index contributed by atoms with van der Waals surface area (Å²) in [5, 5.41) is 0. The second-order valence-corrected chi connectivity index (χ2v) is 20.7. The normalized spacial score (nSPS) is 13.5.